The van der Waals surface area contributed by atoms with Crippen molar-refractivity contribution >= 4 is 11.3 Å². The molecule has 0 fully saturated rings. The Bertz CT molecular complexity index is 760. The number of rotatable bonds is 6. The van der Waals surface area contributed by atoms with E-state index in [1.165, 1.54) is 5.69 Å². The molecule has 2 heterocycles. The highest BCUT2D eigenvalue weighted by Gasteiger charge is 2.14. The molecule has 0 saturated carbocycles. The second-order valence-electron chi connectivity index (χ2n) is 5.64. The standard InChI is InChI=1S/C18H22N4S/c1-4-17(18-21-13(2)12-23-18)20-11-16-10-19-14(3)22(16)15-8-6-5-7-9-15/h5-10,12,17,20H,4,11H2,1-3H3/t17-/m1/s1. The third-order valence-electron chi connectivity index (χ3n) is 3.90. The molecule has 0 amide bonds. The van der Waals surface area contributed by atoms with Crippen LogP contribution in [0.2, 0.25) is 0 Å². The summed E-state index contributed by atoms with van der Waals surface area (Å²) in [5.74, 6) is 1.01. The van der Waals surface area contributed by atoms with Crippen LogP contribution < -0.4 is 5.32 Å². The molecule has 3 rings (SSSR count). The minimum Gasteiger partial charge on any atom is -0.302 e. The Kier molecular flexibility index (Phi) is 4.88. The number of hydrogen-bond donors (Lipinski definition) is 1. The first-order valence-corrected chi connectivity index (χ1v) is 8.81. The van der Waals surface area contributed by atoms with Crippen LogP contribution in [-0.2, 0) is 6.54 Å². The summed E-state index contributed by atoms with van der Waals surface area (Å²) >= 11 is 1.73. The average molecular weight is 326 g/mol. The van der Waals surface area contributed by atoms with Gasteiger partial charge in [0.1, 0.15) is 10.8 Å². The first-order valence-electron chi connectivity index (χ1n) is 7.93. The van der Waals surface area contributed by atoms with Crippen LogP contribution in [-0.4, -0.2) is 14.5 Å². The molecule has 23 heavy (non-hydrogen) atoms. The quantitative estimate of drug-likeness (QED) is 0.739. The summed E-state index contributed by atoms with van der Waals surface area (Å²) in [6.45, 7) is 7.04. The number of aromatic nitrogens is 3. The summed E-state index contributed by atoms with van der Waals surface area (Å²) in [5.41, 5.74) is 3.41. The van der Waals surface area contributed by atoms with Crippen LogP contribution in [0.3, 0.4) is 0 Å². The highest BCUT2D eigenvalue weighted by Crippen LogP contribution is 2.22. The van der Waals surface area contributed by atoms with Gasteiger partial charge in [-0.05, 0) is 32.4 Å². The van der Waals surface area contributed by atoms with E-state index in [1.807, 2.05) is 26.1 Å². The second-order valence-corrected chi connectivity index (χ2v) is 6.53. The topological polar surface area (TPSA) is 42.7 Å². The van der Waals surface area contributed by atoms with Gasteiger partial charge in [0.25, 0.3) is 0 Å². The first kappa shape index (κ1) is 15.9. The van der Waals surface area contributed by atoms with Crippen LogP contribution in [0.5, 0.6) is 0 Å². The fourth-order valence-corrected chi connectivity index (χ4v) is 3.67. The number of aryl methyl sites for hydroxylation is 2. The lowest BCUT2D eigenvalue weighted by atomic mass is 10.2. The van der Waals surface area contributed by atoms with E-state index in [-0.39, 0.29) is 6.04 Å². The minimum atomic E-state index is 0.285. The van der Waals surface area contributed by atoms with Gasteiger partial charge >= 0.3 is 0 Å². The summed E-state index contributed by atoms with van der Waals surface area (Å²) in [6.07, 6.45) is 2.97. The van der Waals surface area contributed by atoms with Crippen molar-refractivity contribution in [2.24, 2.45) is 0 Å². The number of thiazole rings is 1. The third kappa shape index (κ3) is 3.51. The Labute approximate surface area is 141 Å². The van der Waals surface area contributed by atoms with E-state index < -0.39 is 0 Å². The molecule has 1 aromatic carbocycles. The lowest BCUT2D eigenvalue weighted by Gasteiger charge is -2.16. The normalized spacial score (nSPS) is 12.5. The maximum Gasteiger partial charge on any atom is 0.110 e. The fraction of sp³-hybridized carbons (Fsp3) is 0.333. The molecule has 3 aromatic rings. The Morgan fingerprint density at radius 3 is 2.65 bits per heavy atom. The van der Waals surface area contributed by atoms with Gasteiger partial charge in [-0.1, -0.05) is 25.1 Å². The Hall–Kier alpha value is -1.98. The van der Waals surface area contributed by atoms with Crippen LogP contribution >= 0.6 is 11.3 Å². The van der Waals surface area contributed by atoms with Gasteiger partial charge < -0.3 is 5.32 Å². The van der Waals surface area contributed by atoms with Crippen LogP contribution in [0.4, 0.5) is 0 Å². The monoisotopic (exact) mass is 326 g/mol. The summed E-state index contributed by atoms with van der Waals surface area (Å²) in [6, 6.07) is 10.6. The fourth-order valence-electron chi connectivity index (χ4n) is 2.71. The summed E-state index contributed by atoms with van der Waals surface area (Å²) in [7, 11) is 0. The van der Waals surface area contributed by atoms with Crippen molar-refractivity contribution < 1.29 is 0 Å². The molecule has 0 aliphatic heterocycles. The molecule has 0 saturated heterocycles. The Morgan fingerprint density at radius 1 is 1.22 bits per heavy atom. The number of nitrogens with zero attached hydrogens (tertiary/aromatic N) is 3. The van der Waals surface area contributed by atoms with Crippen molar-refractivity contribution in [3.63, 3.8) is 0 Å². The van der Waals surface area contributed by atoms with Crippen molar-refractivity contribution in [3.8, 4) is 5.69 Å². The summed E-state index contributed by atoms with van der Waals surface area (Å²) in [5, 5.41) is 6.89. The van der Waals surface area contributed by atoms with Crippen molar-refractivity contribution in [3.05, 3.63) is 64.1 Å². The highest BCUT2D eigenvalue weighted by molar-refractivity contribution is 7.09. The number of benzene rings is 1. The summed E-state index contributed by atoms with van der Waals surface area (Å²) < 4.78 is 2.20. The van der Waals surface area contributed by atoms with E-state index >= 15 is 0 Å². The van der Waals surface area contributed by atoms with E-state index in [0.717, 1.165) is 35.2 Å². The lowest BCUT2D eigenvalue weighted by molar-refractivity contribution is 0.508. The molecule has 5 heteroatoms. The first-order chi connectivity index (χ1) is 11.2. The molecule has 4 nitrogen and oxygen atoms in total. The molecular formula is C18H22N4S. The van der Waals surface area contributed by atoms with Crippen molar-refractivity contribution in [2.75, 3.05) is 0 Å². The van der Waals surface area contributed by atoms with E-state index in [9.17, 15) is 0 Å². The SMILES string of the molecule is CC[C@@H](NCc1cnc(C)n1-c1ccccc1)c1nc(C)cs1. The second kappa shape index (κ2) is 7.06. The van der Waals surface area contributed by atoms with Gasteiger partial charge in [-0.25, -0.2) is 9.97 Å². The van der Waals surface area contributed by atoms with Crippen molar-refractivity contribution in [1.82, 2.24) is 19.9 Å². The molecule has 0 spiro atoms. The van der Waals surface area contributed by atoms with E-state index in [4.69, 9.17) is 0 Å². The van der Waals surface area contributed by atoms with Gasteiger partial charge in [-0.3, -0.25) is 4.57 Å². The van der Waals surface area contributed by atoms with Gasteiger partial charge in [0.2, 0.25) is 0 Å². The van der Waals surface area contributed by atoms with Gasteiger partial charge in [-0.2, -0.15) is 0 Å². The summed E-state index contributed by atoms with van der Waals surface area (Å²) in [4.78, 5) is 9.10. The minimum absolute atomic E-state index is 0.285. The molecule has 0 bridgehead atoms. The molecule has 0 aliphatic carbocycles. The molecule has 0 aliphatic rings. The van der Waals surface area contributed by atoms with E-state index in [0.29, 0.717) is 0 Å². The van der Waals surface area contributed by atoms with E-state index in [1.54, 1.807) is 11.3 Å². The number of imidazole rings is 1. The van der Waals surface area contributed by atoms with E-state index in [2.05, 4.69) is 56.4 Å². The molecule has 0 radical (unpaired) electrons. The lowest BCUT2D eigenvalue weighted by Crippen LogP contribution is -2.21. The van der Waals surface area contributed by atoms with Crippen LogP contribution in [0, 0.1) is 13.8 Å². The van der Waals surface area contributed by atoms with Crippen molar-refractivity contribution in [1.29, 1.82) is 0 Å². The molecular weight excluding hydrogens is 304 g/mol. The van der Waals surface area contributed by atoms with Gasteiger partial charge in [0.05, 0.1) is 17.9 Å². The van der Waals surface area contributed by atoms with Gasteiger partial charge in [-0.15, -0.1) is 11.3 Å². The predicted octanol–water partition coefficient (Wildman–Crippen LogP) is 4.19. The third-order valence-corrected chi connectivity index (χ3v) is 4.97. The molecule has 120 valence electrons. The maximum atomic E-state index is 4.61. The molecule has 2 aromatic heterocycles. The molecule has 1 atom stereocenters. The zero-order chi connectivity index (χ0) is 16.2. The Morgan fingerprint density at radius 2 is 2.00 bits per heavy atom. The maximum absolute atomic E-state index is 4.61. The van der Waals surface area contributed by atoms with Crippen LogP contribution in [0.1, 0.15) is 41.6 Å². The number of para-hydroxylation sites is 1. The largest absolute Gasteiger partial charge is 0.302 e. The van der Waals surface area contributed by atoms with Crippen LogP contribution in [0.15, 0.2) is 41.9 Å². The van der Waals surface area contributed by atoms with Crippen molar-refractivity contribution in [2.45, 2.75) is 39.8 Å². The smallest absolute Gasteiger partial charge is 0.110 e. The molecule has 0 unspecified atom stereocenters. The number of nitrogens with one attached hydrogen (secondary N) is 1. The van der Waals surface area contributed by atoms with Gasteiger partial charge in [0.15, 0.2) is 0 Å². The number of hydrogen-bond acceptors (Lipinski definition) is 4. The highest BCUT2D eigenvalue weighted by atomic mass is 32.1. The zero-order valence-electron chi connectivity index (χ0n) is 13.8. The Balaban J connectivity index is 1.78. The molecule has 1 N–H and O–H groups in total. The van der Waals surface area contributed by atoms with Crippen LogP contribution in [0.25, 0.3) is 5.69 Å². The van der Waals surface area contributed by atoms with Gasteiger partial charge in [0, 0.05) is 23.3 Å². The predicted molar refractivity (Wildman–Crippen MR) is 95.0 cm³/mol. The average Bonchev–Trinajstić information content (AvgIpc) is 3.15. The zero-order valence-corrected chi connectivity index (χ0v) is 14.6.